The second-order valence-corrected chi connectivity index (χ2v) is 7.47. The molecule has 5 rings (SSSR count). The van der Waals surface area contributed by atoms with Gasteiger partial charge < -0.3 is 0 Å². The van der Waals surface area contributed by atoms with E-state index in [2.05, 4.69) is 4.98 Å². The molecule has 2 heterocycles. The molecule has 6 heteroatoms. The molecule has 5 nitrogen and oxygen atoms in total. The molecule has 30 heavy (non-hydrogen) atoms. The second-order valence-electron chi connectivity index (χ2n) is 7.04. The van der Waals surface area contributed by atoms with E-state index in [0.717, 1.165) is 5.56 Å². The van der Waals surface area contributed by atoms with Crippen LogP contribution in [0.15, 0.2) is 94.6 Å². The molecule has 0 saturated heterocycles. The number of benzene rings is 3. The van der Waals surface area contributed by atoms with Gasteiger partial charge >= 0.3 is 0 Å². The molecule has 0 aliphatic carbocycles. The Hall–Kier alpha value is -3.70. The van der Waals surface area contributed by atoms with E-state index in [1.54, 1.807) is 48.7 Å². The van der Waals surface area contributed by atoms with Gasteiger partial charge in [-0.3, -0.25) is 14.0 Å². The minimum atomic E-state index is -0.219. The highest BCUT2D eigenvalue weighted by Gasteiger charge is 2.16. The number of aromatic nitrogens is 3. The van der Waals surface area contributed by atoms with Crippen molar-refractivity contribution in [1.29, 1.82) is 0 Å². The lowest BCUT2D eigenvalue weighted by Gasteiger charge is -2.14. The summed E-state index contributed by atoms with van der Waals surface area (Å²) < 4.78 is 2.93. The predicted octanol–water partition coefficient (Wildman–Crippen LogP) is 4.24. The Morgan fingerprint density at radius 3 is 2.27 bits per heavy atom. The first kappa shape index (κ1) is 18.3. The van der Waals surface area contributed by atoms with Crippen molar-refractivity contribution in [3.05, 3.63) is 122 Å². The zero-order chi connectivity index (χ0) is 20.7. The molecule has 5 aromatic rings. The molecule has 0 aliphatic heterocycles. The van der Waals surface area contributed by atoms with Crippen molar-refractivity contribution in [1.82, 2.24) is 14.0 Å². The number of para-hydroxylation sites is 1. The molecule has 3 aromatic carbocycles. The minimum Gasteiger partial charge on any atom is -0.268 e. The van der Waals surface area contributed by atoms with Crippen LogP contribution in [0.5, 0.6) is 0 Å². The Labute approximate surface area is 176 Å². The van der Waals surface area contributed by atoms with Crippen LogP contribution >= 0.6 is 11.6 Å². The van der Waals surface area contributed by atoms with Gasteiger partial charge in [0, 0.05) is 23.2 Å². The number of nitrogens with zero attached hydrogens (tertiary/aromatic N) is 3. The molecule has 146 valence electrons. The average molecular weight is 414 g/mol. The zero-order valence-corrected chi connectivity index (χ0v) is 16.6. The lowest BCUT2D eigenvalue weighted by Crippen LogP contribution is -2.30. The summed E-state index contributed by atoms with van der Waals surface area (Å²) in [6.07, 6.45) is 2.02. The number of hydrogen-bond acceptors (Lipinski definition) is 3. The Morgan fingerprint density at radius 2 is 1.50 bits per heavy atom. The third-order valence-corrected chi connectivity index (χ3v) is 5.33. The Balaban J connectivity index is 1.88. The smallest absolute Gasteiger partial charge is 0.266 e. The van der Waals surface area contributed by atoms with Gasteiger partial charge in [-0.05, 0) is 42.0 Å². The fraction of sp³-hybridized carbons (Fsp3) is 0.0417. The average Bonchev–Trinajstić information content (AvgIpc) is 2.77. The van der Waals surface area contributed by atoms with Crippen LogP contribution < -0.4 is 11.1 Å². The number of fused-ring (bicyclic) bond motifs is 2. The summed E-state index contributed by atoms with van der Waals surface area (Å²) in [4.78, 5) is 31.4. The third kappa shape index (κ3) is 3.09. The van der Waals surface area contributed by atoms with Crippen molar-refractivity contribution in [2.75, 3.05) is 0 Å². The zero-order valence-electron chi connectivity index (χ0n) is 15.8. The van der Waals surface area contributed by atoms with Crippen LogP contribution in [-0.4, -0.2) is 14.0 Å². The minimum absolute atomic E-state index is 0.215. The van der Waals surface area contributed by atoms with Crippen molar-refractivity contribution in [3.63, 3.8) is 0 Å². The van der Waals surface area contributed by atoms with E-state index < -0.39 is 0 Å². The molecule has 0 aliphatic rings. The summed E-state index contributed by atoms with van der Waals surface area (Å²) in [5, 5.41) is 1.06. The van der Waals surface area contributed by atoms with E-state index in [9.17, 15) is 9.59 Å². The molecular formula is C24H16ClN3O2. The molecule has 0 bridgehead atoms. The normalized spacial score (nSPS) is 11.2. The maximum absolute atomic E-state index is 13.5. The third-order valence-electron chi connectivity index (χ3n) is 5.07. The van der Waals surface area contributed by atoms with E-state index in [1.165, 1.54) is 8.97 Å². The SMILES string of the molecule is O=c1c(Cc2ccccc2)cn2c(=O)c3ccccc3nc2n1-c1ccc(Cl)cc1. The lowest BCUT2D eigenvalue weighted by molar-refractivity contribution is 0.875. The summed E-state index contributed by atoms with van der Waals surface area (Å²) >= 11 is 6.04. The van der Waals surface area contributed by atoms with Crippen molar-refractivity contribution in [3.8, 4) is 5.69 Å². The quantitative estimate of drug-likeness (QED) is 0.416. The topological polar surface area (TPSA) is 56.4 Å². The Kier molecular flexibility index (Phi) is 4.45. The van der Waals surface area contributed by atoms with Crippen LogP contribution in [0.25, 0.3) is 22.4 Å². The molecule has 2 aromatic heterocycles. The molecule has 0 N–H and O–H groups in total. The summed E-state index contributed by atoms with van der Waals surface area (Å²) in [6, 6.07) is 23.7. The van der Waals surface area contributed by atoms with Crippen molar-refractivity contribution >= 4 is 28.3 Å². The lowest BCUT2D eigenvalue weighted by atomic mass is 10.1. The van der Waals surface area contributed by atoms with Crippen molar-refractivity contribution in [2.45, 2.75) is 6.42 Å². The monoisotopic (exact) mass is 413 g/mol. The van der Waals surface area contributed by atoms with Crippen LogP contribution in [-0.2, 0) is 6.42 Å². The first-order valence-corrected chi connectivity index (χ1v) is 9.85. The maximum Gasteiger partial charge on any atom is 0.266 e. The number of halogens is 1. The van der Waals surface area contributed by atoms with Gasteiger partial charge in [0.15, 0.2) is 0 Å². The van der Waals surface area contributed by atoms with E-state index in [0.29, 0.717) is 33.6 Å². The van der Waals surface area contributed by atoms with Gasteiger partial charge in [-0.25, -0.2) is 9.55 Å². The molecule has 0 unspecified atom stereocenters. The highest BCUT2D eigenvalue weighted by atomic mass is 35.5. The molecular weight excluding hydrogens is 398 g/mol. The highest BCUT2D eigenvalue weighted by molar-refractivity contribution is 6.30. The largest absolute Gasteiger partial charge is 0.268 e. The van der Waals surface area contributed by atoms with Crippen LogP contribution in [0.3, 0.4) is 0 Å². The summed E-state index contributed by atoms with van der Waals surface area (Å²) in [6.45, 7) is 0. The standard InChI is InChI=1S/C24H16ClN3O2/c25-18-10-12-19(13-11-18)28-22(29)17(14-16-6-2-1-3-7-16)15-27-23(30)20-8-4-5-9-21(20)26-24(27)28/h1-13,15H,14H2. The van der Waals surface area contributed by atoms with E-state index >= 15 is 0 Å². The van der Waals surface area contributed by atoms with Gasteiger partial charge in [0.05, 0.1) is 16.6 Å². The predicted molar refractivity (Wildman–Crippen MR) is 119 cm³/mol. The Bertz CT molecular complexity index is 1500. The van der Waals surface area contributed by atoms with E-state index in [-0.39, 0.29) is 16.9 Å². The van der Waals surface area contributed by atoms with Crippen LogP contribution in [0.1, 0.15) is 11.1 Å². The number of rotatable bonds is 3. The summed E-state index contributed by atoms with van der Waals surface area (Å²) in [7, 11) is 0. The van der Waals surface area contributed by atoms with Crippen LogP contribution in [0.2, 0.25) is 5.02 Å². The van der Waals surface area contributed by atoms with Gasteiger partial charge in [0.1, 0.15) is 0 Å². The molecule has 0 fully saturated rings. The van der Waals surface area contributed by atoms with Gasteiger partial charge in [-0.2, -0.15) is 0 Å². The van der Waals surface area contributed by atoms with Gasteiger partial charge in [-0.15, -0.1) is 0 Å². The molecule has 0 spiro atoms. The number of hydrogen-bond donors (Lipinski definition) is 0. The molecule has 0 amide bonds. The Morgan fingerprint density at radius 1 is 0.800 bits per heavy atom. The second kappa shape index (κ2) is 7.28. The van der Waals surface area contributed by atoms with Crippen molar-refractivity contribution in [2.24, 2.45) is 0 Å². The first-order valence-electron chi connectivity index (χ1n) is 9.48. The highest BCUT2D eigenvalue weighted by Crippen LogP contribution is 2.16. The molecule has 0 radical (unpaired) electrons. The van der Waals surface area contributed by atoms with Gasteiger partial charge in [0.2, 0.25) is 5.78 Å². The van der Waals surface area contributed by atoms with E-state index in [4.69, 9.17) is 11.6 Å². The first-order chi connectivity index (χ1) is 14.6. The van der Waals surface area contributed by atoms with Crippen molar-refractivity contribution < 1.29 is 0 Å². The summed E-state index contributed by atoms with van der Waals surface area (Å²) in [5.41, 5.74) is 2.19. The van der Waals surface area contributed by atoms with E-state index in [1.807, 2.05) is 36.4 Å². The molecule has 0 atom stereocenters. The fourth-order valence-corrected chi connectivity index (χ4v) is 3.74. The molecule has 0 saturated carbocycles. The van der Waals surface area contributed by atoms with Gasteiger partial charge in [-0.1, -0.05) is 54.1 Å². The van der Waals surface area contributed by atoms with Gasteiger partial charge in [0.25, 0.3) is 11.1 Å². The van der Waals surface area contributed by atoms with Crippen LogP contribution in [0, 0.1) is 0 Å². The van der Waals surface area contributed by atoms with Crippen LogP contribution in [0.4, 0.5) is 0 Å². The fourth-order valence-electron chi connectivity index (χ4n) is 3.61. The summed E-state index contributed by atoms with van der Waals surface area (Å²) in [5.74, 6) is 0.267. The maximum atomic E-state index is 13.5.